The van der Waals surface area contributed by atoms with Crippen LogP contribution in [0.2, 0.25) is 5.02 Å². The molecular weight excluding hydrogens is 386 g/mol. The smallest absolute Gasteiger partial charge is 0.325 e. The van der Waals surface area contributed by atoms with Gasteiger partial charge in [-0.15, -0.1) is 0 Å². The minimum Gasteiger partial charge on any atom is -0.363 e. The third-order valence-electron chi connectivity index (χ3n) is 5.00. The van der Waals surface area contributed by atoms with Gasteiger partial charge in [0.05, 0.1) is 11.6 Å². The highest BCUT2D eigenvalue weighted by Gasteiger charge is 2.39. The van der Waals surface area contributed by atoms with Crippen LogP contribution in [0, 0.1) is 16.0 Å². The first kappa shape index (κ1) is 20.3. The molecule has 2 aliphatic rings. The van der Waals surface area contributed by atoms with E-state index in [-0.39, 0.29) is 24.3 Å². The quantitative estimate of drug-likeness (QED) is 0.439. The third kappa shape index (κ3) is 4.36. The van der Waals surface area contributed by atoms with Gasteiger partial charge >= 0.3 is 6.03 Å². The number of carbonyl (C=O) groups is 2. The predicted molar refractivity (Wildman–Crippen MR) is 105 cm³/mol. The van der Waals surface area contributed by atoms with Crippen LogP contribution in [0.4, 0.5) is 16.2 Å². The molecule has 2 heterocycles. The van der Waals surface area contributed by atoms with E-state index < -0.39 is 11.0 Å². The first-order valence-electron chi connectivity index (χ1n) is 9.29. The van der Waals surface area contributed by atoms with E-state index in [9.17, 15) is 19.7 Å². The van der Waals surface area contributed by atoms with Crippen molar-refractivity contribution in [2.45, 2.75) is 26.3 Å². The number of imide groups is 1. The first-order valence-corrected chi connectivity index (χ1v) is 9.67. The van der Waals surface area contributed by atoms with E-state index in [2.05, 4.69) is 5.32 Å². The van der Waals surface area contributed by atoms with Gasteiger partial charge < -0.3 is 10.2 Å². The molecule has 0 aliphatic carbocycles. The standard InChI is InChI=1S/C18H24ClN5O4/c1-12(2)9-14-17(25)23(18(26)20-14)11-21-5-7-22(8-6-21)15-4-3-13(19)10-16(15)24(27)28/h3-4,10,12,14H,5-9,11H2,1-2H3,(H,20,26). The molecule has 9 nitrogen and oxygen atoms in total. The molecule has 28 heavy (non-hydrogen) atoms. The number of carbonyl (C=O) groups excluding carboxylic acids is 2. The highest BCUT2D eigenvalue weighted by Crippen LogP contribution is 2.31. The number of rotatable bonds is 6. The molecule has 1 aromatic carbocycles. The molecule has 2 aliphatic heterocycles. The molecular formula is C18H24ClN5O4. The van der Waals surface area contributed by atoms with E-state index in [1.165, 1.54) is 11.0 Å². The third-order valence-corrected chi connectivity index (χ3v) is 5.24. The number of piperazine rings is 1. The van der Waals surface area contributed by atoms with Crippen molar-refractivity contribution >= 4 is 34.9 Å². The van der Waals surface area contributed by atoms with Crippen LogP contribution in [0.3, 0.4) is 0 Å². The van der Waals surface area contributed by atoms with Gasteiger partial charge in [-0.05, 0) is 24.5 Å². The summed E-state index contributed by atoms with van der Waals surface area (Å²) < 4.78 is 0. The molecule has 1 aromatic rings. The summed E-state index contributed by atoms with van der Waals surface area (Å²) in [5.74, 6) is 0.127. The number of nitrogens with one attached hydrogen (secondary N) is 1. The fourth-order valence-electron chi connectivity index (χ4n) is 3.58. The van der Waals surface area contributed by atoms with Gasteiger partial charge in [-0.1, -0.05) is 25.4 Å². The van der Waals surface area contributed by atoms with Crippen LogP contribution in [0.5, 0.6) is 0 Å². The molecule has 1 unspecified atom stereocenters. The number of benzene rings is 1. The van der Waals surface area contributed by atoms with Crippen LogP contribution in [0.1, 0.15) is 20.3 Å². The summed E-state index contributed by atoms with van der Waals surface area (Å²) in [5, 5.41) is 14.4. The van der Waals surface area contributed by atoms with Gasteiger partial charge in [-0.3, -0.25) is 19.8 Å². The normalized spacial score (nSPS) is 20.8. The predicted octanol–water partition coefficient (Wildman–Crippen LogP) is 2.29. The number of nitro benzene ring substituents is 1. The van der Waals surface area contributed by atoms with Crippen molar-refractivity contribution in [1.82, 2.24) is 15.1 Å². The van der Waals surface area contributed by atoms with E-state index >= 15 is 0 Å². The average molecular weight is 410 g/mol. The maximum Gasteiger partial charge on any atom is 0.325 e. The van der Waals surface area contributed by atoms with Crippen molar-refractivity contribution in [1.29, 1.82) is 0 Å². The van der Waals surface area contributed by atoms with Gasteiger partial charge in [0.1, 0.15) is 11.7 Å². The summed E-state index contributed by atoms with van der Waals surface area (Å²) in [6.07, 6.45) is 0.620. The lowest BCUT2D eigenvalue weighted by atomic mass is 10.0. The monoisotopic (exact) mass is 409 g/mol. The van der Waals surface area contributed by atoms with E-state index in [1.807, 2.05) is 23.6 Å². The summed E-state index contributed by atoms with van der Waals surface area (Å²) in [6.45, 7) is 6.55. The fourth-order valence-corrected chi connectivity index (χ4v) is 3.75. The first-order chi connectivity index (χ1) is 13.3. The number of amides is 3. The van der Waals surface area contributed by atoms with Crippen LogP contribution >= 0.6 is 11.6 Å². The van der Waals surface area contributed by atoms with Crippen LogP contribution in [-0.4, -0.2) is 65.6 Å². The Bertz CT molecular complexity index is 779. The van der Waals surface area contributed by atoms with Crippen molar-refractivity contribution < 1.29 is 14.5 Å². The number of nitro groups is 1. The molecule has 2 saturated heterocycles. The maximum absolute atomic E-state index is 12.5. The van der Waals surface area contributed by atoms with Crippen molar-refractivity contribution in [2.24, 2.45) is 5.92 Å². The second-order valence-electron chi connectivity index (χ2n) is 7.53. The Morgan fingerprint density at radius 1 is 1.25 bits per heavy atom. The molecule has 10 heteroatoms. The van der Waals surface area contributed by atoms with E-state index in [4.69, 9.17) is 11.6 Å². The molecule has 3 amide bonds. The molecule has 0 bridgehead atoms. The Hall–Kier alpha value is -2.39. The van der Waals surface area contributed by atoms with Crippen molar-refractivity contribution in [2.75, 3.05) is 37.7 Å². The fraction of sp³-hybridized carbons (Fsp3) is 0.556. The van der Waals surface area contributed by atoms with Crippen LogP contribution in [-0.2, 0) is 4.79 Å². The van der Waals surface area contributed by atoms with Gasteiger partial charge in [0.25, 0.3) is 11.6 Å². The summed E-state index contributed by atoms with van der Waals surface area (Å²) in [7, 11) is 0. The second-order valence-corrected chi connectivity index (χ2v) is 7.97. The minimum absolute atomic E-state index is 0.0217. The molecule has 0 aromatic heterocycles. The summed E-state index contributed by atoms with van der Waals surface area (Å²) >= 11 is 5.88. The van der Waals surface area contributed by atoms with Gasteiger partial charge in [0, 0.05) is 37.3 Å². The highest BCUT2D eigenvalue weighted by atomic mass is 35.5. The minimum atomic E-state index is -0.453. The number of halogens is 1. The van der Waals surface area contributed by atoms with Gasteiger partial charge in [-0.25, -0.2) is 9.69 Å². The second kappa shape index (κ2) is 8.32. The summed E-state index contributed by atoms with van der Waals surface area (Å²) in [5.41, 5.74) is 0.507. The molecule has 0 radical (unpaired) electrons. The molecule has 152 valence electrons. The van der Waals surface area contributed by atoms with Crippen molar-refractivity contribution in [3.63, 3.8) is 0 Å². The van der Waals surface area contributed by atoms with Crippen molar-refractivity contribution in [3.8, 4) is 0 Å². The molecule has 1 atom stereocenters. The zero-order valence-electron chi connectivity index (χ0n) is 15.9. The molecule has 2 fully saturated rings. The molecule has 0 spiro atoms. The SMILES string of the molecule is CC(C)CC1NC(=O)N(CN2CCN(c3ccc(Cl)cc3[N+](=O)[O-])CC2)C1=O. The lowest BCUT2D eigenvalue weighted by Crippen LogP contribution is -2.51. The number of anilines is 1. The van der Waals surface area contributed by atoms with Crippen LogP contribution in [0.15, 0.2) is 18.2 Å². The van der Waals surface area contributed by atoms with Gasteiger partial charge in [0.15, 0.2) is 0 Å². The Kier molecular flexibility index (Phi) is 6.04. The molecule has 1 N–H and O–H groups in total. The molecule has 3 rings (SSSR count). The molecule has 0 saturated carbocycles. The Morgan fingerprint density at radius 3 is 2.54 bits per heavy atom. The zero-order valence-corrected chi connectivity index (χ0v) is 16.7. The Labute approximate surface area is 168 Å². The van der Waals surface area contributed by atoms with E-state index in [1.54, 1.807) is 12.1 Å². The van der Waals surface area contributed by atoms with Gasteiger partial charge in [0.2, 0.25) is 0 Å². The van der Waals surface area contributed by atoms with Gasteiger partial charge in [-0.2, -0.15) is 0 Å². The number of urea groups is 1. The van der Waals surface area contributed by atoms with Crippen LogP contribution in [0.25, 0.3) is 0 Å². The summed E-state index contributed by atoms with van der Waals surface area (Å²) in [6, 6.07) is 3.84. The lowest BCUT2D eigenvalue weighted by molar-refractivity contribution is -0.384. The number of nitrogens with zero attached hydrogens (tertiary/aromatic N) is 4. The zero-order chi connectivity index (χ0) is 20.4. The van der Waals surface area contributed by atoms with E-state index in [0.29, 0.717) is 49.2 Å². The van der Waals surface area contributed by atoms with E-state index in [0.717, 1.165) is 0 Å². The van der Waals surface area contributed by atoms with Crippen LogP contribution < -0.4 is 10.2 Å². The number of hydrogen-bond acceptors (Lipinski definition) is 6. The van der Waals surface area contributed by atoms with Crippen molar-refractivity contribution in [3.05, 3.63) is 33.3 Å². The topological polar surface area (TPSA) is 99.0 Å². The Balaban J connectivity index is 1.60. The Morgan fingerprint density at radius 2 is 1.93 bits per heavy atom. The largest absolute Gasteiger partial charge is 0.363 e. The number of hydrogen-bond donors (Lipinski definition) is 1. The average Bonchev–Trinajstić information content (AvgIpc) is 2.89. The highest BCUT2D eigenvalue weighted by molar-refractivity contribution is 6.30. The maximum atomic E-state index is 12.5. The lowest BCUT2D eigenvalue weighted by Gasteiger charge is -2.36. The summed E-state index contributed by atoms with van der Waals surface area (Å²) in [4.78, 5) is 40.7.